The first kappa shape index (κ1) is 11.6. The number of ketones is 1. The normalized spacial score (nSPS) is 11.7. The molecule has 0 heterocycles. The van der Waals surface area contributed by atoms with Crippen LogP contribution >= 0.6 is 0 Å². The van der Waals surface area contributed by atoms with Crippen molar-refractivity contribution in [1.29, 1.82) is 0 Å². The molecule has 0 aromatic heterocycles. The first-order chi connectivity index (χ1) is 5.50. The summed E-state index contributed by atoms with van der Waals surface area (Å²) in [7, 11) is 0. The number of hydrogen-bond donors (Lipinski definition) is 0. The molecule has 0 aromatic carbocycles. The first-order valence-electron chi connectivity index (χ1n) is 3.56. The van der Waals surface area contributed by atoms with Gasteiger partial charge in [0.05, 0.1) is 0 Å². The van der Waals surface area contributed by atoms with Crippen molar-refractivity contribution in [3.8, 4) is 0 Å². The summed E-state index contributed by atoms with van der Waals surface area (Å²) in [6.45, 7) is 4.08. The molecule has 0 saturated heterocycles. The van der Waals surface area contributed by atoms with Gasteiger partial charge >= 0.3 is 0 Å². The van der Waals surface area contributed by atoms with E-state index in [0.717, 1.165) is 13.8 Å². The topological polar surface area (TPSA) is 66.1 Å². The number of rotatable bonds is 5. The molecule has 0 aromatic rings. The van der Waals surface area contributed by atoms with Gasteiger partial charge in [0.15, 0.2) is 6.10 Å². The van der Waals surface area contributed by atoms with Crippen molar-refractivity contribution >= 4 is 5.78 Å². The summed E-state index contributed by atoms with van der Waals surface area (Å²) in [4.78, 5) is 10.7. The molecule has 0 amide bonds. The molecule has 0 saturated carbocycles. The molecule has 4 nitrogen and oxygen atoms in total. The van der Waals surface area contributed by atoms with Crippen LogP contribution in [0.5, 0.6) is 0 Å². The van der Waals surface area contributed by atoms with Crippen LogP contribution in [-0.4, -0.2) is 12.4 Å². The first-order valence-corrected chi connectivity index (χ1v) is 3.56. The van der Waals surface area contributed by atoms with Gasteiger partial charge in [-0.15, -0.1) is 0 Å². The predicted molar refractivity (Wildman–Crippen MR) is 39.1 cm³/mol. The maximum absolute atomic E-state index is 10.9. The van der Waals surface area contributed by atoms with Gasteiger partial charge in [0, 0.05) is 6.61 Å². The Morgan fingerprint density at radius 2 is 1.75 bits per heavy atom. The van der Waals surface area contributed by atoms with Crippen LogP contribution < -0.4 is 0 Å². The number of Topliss-reactive ketones (excluding diaryl/α,β-unsaturated/α-hetero) is 1. The molecule has 4 heteroatoms. The minimum Gasteiger partial charge on any atom is -0.343 e. The number of hydrogen-bond acceptors (Lipinski definition) is 2. The molecule has 67 valence electrons. The molecular weight excluding hydrogens is 160 g/mol. The Hall–Kier alpha value is -0.450. The quantitative estimate of drug-likeness (QED) is 0.621. The van der Waals surface area contributed by atoms with E-state index in [2.05, 4.69) is 4.74 Å². The van der Waals surface area contributed by atoms with Crippen molar-refractivity contribution in [2.75, 3.05) is 6.61 Å². The van der Waals surface area contributed by atoms with E-state index >= 15 is 0 Å². The highest BCUT2D eigenvalue weighted by atomic mass is 16.6. The van der Waals surface area contributed by atoms with E-state index in [-0.39, 0.29) is 6.61 Å². The van der Waals surface area contributed by atoms with Crippen LogP contribution in [0.3, 0.4) is 0 Å². The Morgan fingerprint density at radius 3 is 2.00 bits per heavy atom. The third kappa shape index (κ3) is 3.30. The van der Waals surface area contributed by atoms with E-state index in [1.165, 1.54) is 0 Å². The largest absolute Gasteiger partial charge is 0.343 e. The lowest BCUT2D eigenvalue weighted by molar-refractivity contribution is -0.120. The van der Waals surface area contributed by atoms with Crippen LogP contribution in [0.1, 0.15) is 20.8 Å². The van der Waals surface area contributed by atoms with E-state index < -0.39 is 24.1 Å². The third-order valence-corrected chi connectivity index (χ3v) is 1.18. The molecule has 0 aliphatic rings. The zero-order chi connectivity index (χ0) is 9.72. The zero-order valence-corrected chi connectivity index (χ0v) is 7.34. The number of ether oxygens (including phenoxy) is 1. The van der Waals surface area contributed by atoms with E-state index in [0.29, 0.717) is 0 Å². The van der Waals surface area contributed by atoms with E-state index in [4.69, 9.17) is 0 Å². The average molecular weight is 171 g/mol. The molecule has 0 aliphatic carbocycles. The lowest BCUT2D eigenvalue weighted by Gasteiger charge is -2.15. The highest BCUT2D eigenvalue weighted by Gasteiger charge is 2.35. The van der Waals surface area contributed by atoms with Gasteiger partial charge in [0.25, 0.3) is 6.29 Å². The molecule has 0 atom stereocenters. The van der Waals surface area contributed by atoms with Gasteiger partial charge in [-0.05, 0) is 20.8 Å². The molecule has 0 bridgehead atoms. The predicted octanol–water partition coefficient (Wildman–Crippen LogP) is 1.09. The molecule has 0 unspecified atom stereocenters. The smallest absolute Gasteiger partial charge is 0.277 e. The molecule has 0 N–H and O–H groups in total. The fourth-order valence-electron chi connectivity index (χ4n) is 0.739. The summed E-state index contributed by atoms with van der Waals surface area (Å²) < 4.78 is 4.51. The third-order valence-electron chi connectivity index (χ3n) is 1.18. The second kappa shape index (κ2) is 5.24. The van der Waals surface area contributed by atoms with Gasteiger partial charge in [-0.1, -0.05) is 0 Å². The second-order valence-electron chi connectivity index (χ2n) is 2.21. The zero-order valence-electron chi connectivity index (χ0n) is 7.34. The molecule has 12 heavy (non-hydrogen) atoms. The highest BCUT2D eigenvalue weighted by molar-refractivity contribution is 5.94. The van der Waals surface area contributed by atoms with E-state index in [1.54, 1.807) is 6.92 Å². The van der Waals surface area contributed by atoms with Gasteiger partial charge in [-0.2, -0.15) is 5.11 Å². The maximum atomic E-state index is 10.9. The summed E-state index contributed by atoms with van der Waals surface area (Å²) in [5.41, 5.74) is 0. The average Bonchev–Trinajstić information content (AvgIpc) is 1.85. The lowest BCUT2D eigenvalue weighted by Crippen LogP contribution is -2.23. The van der Waals surface area contributed by atoms with Crippen molar-refractivity contribution < 1.29 is 19.7 Å². The van der Waals surface area contributed by atoms with E-state index in [1.807, 2.05) is 0 Å². The summed E-state index contributed by atoms with van der Waals surface area (Å²) in [5, 5.41) is 21.7. The minimum atomic E-state index is -0.836. The molecular formula is C8H11O4. The van der Waals surface area contributed by atoms with Crippen molar-refractivity contribution in [2.45, 2.75) is 20.8 Å². The van der Waals surface area contributed by atoms with Crippen LogP contribution in [0.4, 0.5) is 0 Å². The maximum Gasteiger partial charge on any atom is 0.277 e. The lowest BCUT2D eigenvalue weighted by atomic mass is 9.99. The van der Waals surface area contributed by atoms with Crippen molar-refractivity contribution in [1.82, 2.24) is 0 Å². The fourth-order valence-corrected chi connectivity index (χ4v) is 0.739. The fraction of sp³-hybridized carbons (Fsp3) is 0.500. The molecule has 0 rings (SSSR count). The van der Waals surface area contributed by atoms with E-state index in [9.17, 15) is 15.0 Å². The standard InChI is InChI=1S/C8H11O4/c1-4-12-8(11)7(5(2)9)6(3)10/h4H2,1-3H3. The molecule has 5 radical (unpaired) electrons. The van der Waals surface area contributed by atoms with Crippen LogP contribution in [0.25, 0.3) is 0 Å². The Bertz CT molecular complexity index is 144. The summed E-state index contributed by atoms with van der Waals surface area (Å²) in [5.74, 6) is -0.946. The van der Waals surface area contributed by atoms with Gasteiger partial charge in [0.1, 0.15) is 11.7 Å². The van der Waals surface area contributed by atoms with Crippen LogP contribution in [-0.2, 0) is 19.7 Å². The molecule has 0 spiro atoms. The molecule has 0 aliphatic heterocycles. The van der Waals surface area contributed by atoms with Gasteiger partial charge in [0.2, 0.25) is 0 Å². The van der Waals surface area contributed by atoms with Gasteiger partial charge in [-0.25, -0.2) is 5.11 Å². The Kier molecular flexibility index (Phi) is 5.04. The number of carbonyl (C=O) groups excluding carboxylic acids is 1. The summed E-state index contributed by atoms with van der Waals surface area (Å²) >= 11 is 0. The van der Waals surface area contributed by atoms with Crippen molar-refractivity contribution in [2.24, 2.45) is 0 Å². The summed E-state index contributed by atoms with van der Waals surface area (Å²) in [6.07, 6.45) is -1.39. The van der Waals surface area contributed by atoms with Crippen molar-refractivity contribution in [3.63, 3.8) is 0 Å². The molecule has 0 fully saturated rings. The van der Waals surface area contributed by atoms with Crippen LogP contribution in [0.2, 0.25) is 0 Å². The number of carbonyl (C=O) groups is 1. The Balaban J connectivity index is 4.19. The Morgan fingerprint density at radius 1 is 1.25 bits per heavy atom. The van der Waals surface area contributed by atoms with Crippen LogP contribution in [0, 0.1) is 18.3 Å². The van der Waals surface area contributed by atoms with Gasteiger partial charge in [-0.3, -0.25) is 4.79 Å². The highest BCUT2D eigenvalue weighted by Crippen LogP contribution is 2.25. The van der Waals surface area contributed by atoms with Crippen molar-refractivity contribution in [3.05, 3.63) is 18.3 Å². The summed E-state index contributed by atoms with van der Waals surface area (Å²) in [6, 6.07) is 0. The monoisotopic (exact) mass is 171 g/mol. The Labute approximate surface area is 72.2 Å². The SMILES string of the molecule is CCO[C]([O])[C]([C](C)[O])C(C)=O. The van der Waals surface area contributed by atoms with Crippen LogP contribution in [0.15, 0.2) is 0 Å². The minimum absolute atomic E-state index is 0.156. The second-order valence-corrected chi connectivity index (χ2v) is 2.21. The van der Waals surface area contributed by atoms with Gasteiger partial charge < -0.3 is 4.74 Å².